The van der Waals surface area contributed by atoms with Crippen molar-refractivity contribution in [3.63, 3.8) is 0 Å². The lowest BCUT2D eigenvalue weighted by atomic mass is 10.2. The molecule has 1 heterocycles. The summed E-state index contributed by atoms with van der Waals surface area (Å²) in [5.41, 5.74) is -0.197. The van der Waals surface area contributed by atoms with Gasteiger partial charge in [-0.15, -0.1) is 11.3 Å². The van der Waals surface area contributed by atoms with E-state index in [0.717, 1.165) is 23.4 Å². The Labute approximate surface area is 135 Å². The molecule has 8 heteroatoms. The highest BCUT2D eigenvalue weighted by Crippen LogP contribution is 2.29. The Bertz CT molecular complexity index is 745. The van der Waals surface area contributed by atoms with Crippen LogP contribution < -0.4 is 10.1 Å². The largest absolute Gasteiger partial charge is 0.416 e. The predicted octanol–water partition coefficient (Wildman–Crippen LogP) is 3.89. The standard InChI is InChI=1S/C15H16F3N3OS/c1-3-8-19-13(22)20-14-21(9-10(2)23-14)12-6-4-11(5-7-12)15(16,17)18/h4-7,9H,3,8H2,1-2H3,(H,19,22)/b20-14-. The van der Waals surface area contributed by atoms with E-state index in [9.17, 15) is 18.0 Å². The van der Waals surface area contributed by atoms with Crippen LogP contribution in [0.25, 0.3) is 5.69 Å². The van der Waals surface area contributed by atoms with Crippen LogP contribution in [0.3, 0.4) is 0 Å². The number of hydrogen-bond donors (Lipinski definition) is 1. The zero-order valence-electron chi connectivity index (χ0n) is 12.6. The highest BCUT2D eigenvalue weighted by molar-refractivity contribution is 7.09. The van der Waals surface area contributed by atoms with Gasteiger partial charge in [0.15, 0.2) is 4.80 Å². The third-order valence-electron chi connectivity index (χ3n) is 2.97. The van der Waals surface area contributed by atoms with E-state index in [1.165, 1.54) is 23.5 Å². The summed E-state index contributed by atoms with van der Waals surface area (Å²) in [6.45, 7) is 4.29. The molecule has 0 spiro atoms. The normalized spacial score (nSPS) is 12.5. The van der Waals surface area contributed by atoms with Crippen LogP contribution in [0, 0.1) is 6.92 Å². The SMILES string of the molecule is CCCNC(=O)/N=c1\sc(C)cn1-c1ccc(C(F)(F)F)cc1. The average molecular weight is 343 g/mol. The second-order valence-electron chi connectivity index (χ2n) is 4.88. The Kier molecular flexibility index (Phi) is 5.25. The fraction of sp³-hybridized carbons (Fsp3) is 0.333. The summed E-state index contributed by atoms with van der Waals surface area (Å²) in [6, 6.07) is 4.27. The fourth-order valence-electron chi connectivity index (χ4n) is 1.89. The van der Waals surface area contributed by atoms with E-state index in [0.29, 0.717) is 17.0 Å². The number of hydrogen-bond acceptors (Lipinski definition) is 2. The number of nitrogens with one attached hydrogen (secondary N) is 1. The minimum absolute atomic E-state index is 0.413. The quantitative estimate of drug-likeness (QED) is 0.903. The summed E-state index contributed by atoms with van der Waals surface area (Å²) in [4.78, 5) is 17.0. The number of carbonyl (C=O) groups excluding carboxylic acids is 1. The first-order chi connectivity index (χ1) is 10.8. The molecule has 0 aliphatic heterocycles. The fourth-order valence-corrected chi connectivity index (χ4v) is 2.72. The van der Waals surface area contributed by atoms with Gasteiger partial charge in [0, 0.05) is 23.3 Å². The summed E-state index contributed by atoms with van der Waals surface area (Å²) in [5.74, 6) is 0. The van der Waals surface area contributed by atoms with Gasteiger partial charge < -0.3 is 5.32 Å². The van der Waals surface area contributed by atoms with Crippen LogP contribution in [0.2, 0.25) is 0 Å². The first-order valence-corrected chi connectivity index (χ1v) is 7.82. The topological polar surface area (TPSA) is 46.4 Å². The molecular weight excluding hydrogens is 327 g/mol. The van der Waals surface area contributed by atoms with Crippen molar-refractivity contribution in [3.8, 4) is 5.69 Å². The van der Waals surface area contributed by atoms with Gasteiger partial charge in [-0.05, 0) is 37.6 Å². The van der Waals surface area contributed by atoms with E-state index in [1.54, 1.807) is 10.8 Å². The van der Waals surface area contributed by atoms with Gasteiger partial charge in [0.25, 0.3) is 0 Å². The van der Waals surface area contributed by atoms with E-state index < -0.39 is 17.8 Å². The third-order valence-corrected chi connectivity index (χ3v) is 3.86. The molecule has 2 rings (SSSR count). The van der Waals surface area contributed by atoms with E-state index in [2.05, 4.69) is 10.3 Å². The van der Waals surface area contributed by atoms with Crippen LogP contribution in [0.15, 0.2) is 35.5 Å². The minimum Gasteiger partial charge on any atom is -0.336 e. The van der Waals surface area contributed by atoms with E-state index >= 15 is 0 Å². The Balaban J connectivity index is 2.37. The summed E-state index contributed by atoms with van der Waals surface area (Å²) >= 11 is 1.29. The number of carbonyl (C=O) groups is 1. The van der Waals surface area contributed by atoms with Gasteiger partial charge in [0.1, 0.15) is 0 Å². The molecule has 0 unspecified atom stereocenters. The molecule has 4 nitrogen and oxygen atoms in total. The van der Waals surface area contributed by atoms with E-state index in [4.69, 9.17) is 0 Å². The lowest BCUT2D eigenvalue weighted by Gasteiger charge is -2.08. The van der Waals surface area contributed by atoms with Gasteiger partial charge >= 0.3 is 12.2 Å². The second kappa shape index (κ2) is 6.99. The molecule has 2 aromatic rings. The van der Waals surface area contributed by atoms with Crippen LogP contribution in [0.1, 0.15) is 23.8 Å². The molecular formula is C15H16F3N3OS. The molecule has 2 amide bonds. The highest BCUT2D eigenvalue weighted by atomic mass is 32.1. The highest BCUT2D eigenvalue weighted by Gasteiger charge is 2.30. The van der Waals surface area contributed by atoms with Crippen molar-refractivity contribution in [2.75, 3.05) is 6.54 Å². The van der Waals surface area contributed by atoms with Gasteiger partial charge in [-0.2, -0.15) is 18.2 Å². The van der Waals surface area contributed by atoms with Crippen LogP contribution >= 0.6 is 11.3 Å². The lowest BCUT2D eigenvalue weighted by molar-refractivity contribution is -0.137. The Morgan fingerprint density at radius 1 is 1.30 bits per heavy atom. The zero-order valence-corrected chi connectivity index (χ0v) is 13.5. The molecule has 0 saturated carbocycles. The van der Waals surface area contributed by atoms with Gasteiger partial charge in [0.2, 0.25) is 0 Å². The van der Waals surface area contributed by atoms with Gasteiger partial charge in [-0.25, -0.2) is 4.79 Å². The van der Waals surface area contributed by atoms with Crippen molar-refractivity contribution < 1.29 is 18.0 Å². The van der Waals surface area contributed by atoms with Crippen molar-refractivity contribution in [1.29, 1.82) is 0 Å². The van der Waals surface area contributed by atoms with Crippen LogP contribution in [0.5, 0.6) is 0 Å². The molecule has 0 aliphatic rings. The zero-order chi connectivity index (χ0) is 17.0. The van der Waals surface area contributed by atoms with Crippen molar-refractivity contribution in [3.05, 3.63) is 45.7 Å². The van der Waals surface area contributed by atoms with E-state index in [1.807, 2.05) is 13.8 Å². The number of urea groups is 1. The maximum absolute atomic E-state index is 12.6. The number of benzene rings is 1. The van der Waals surface area contributed by atoms with Crippen LogP contribution in [-0.4, -0.2) is 17.1 Å². The van der Waals surface area contributed by atoms with Crippen molar-refractivity contribution in [2.45, 2.75) is 26.4 Å². The molecule has 0 atom stereocenters. The molecule has 0 aliphatic carbocycles. The van der Waals surface area contributed by atoms with Crippen molar-refractivity contribution in [1.82, 2.24) is 9.88 Å². The lowest BCUT2D eigenvalue weighted by Crippen LogP contribution is -2.24. The number of alkyl halides is 3. The first-order valence-electron chi connectivity index (χ1n) is 7.00. The summed E-state index contributed by atoms with van der Waals surface area (Å²) in [5, 5.41) is 2.64. The number of nitrogens with zero attached hydrogens (tertiary/aromatic N) is 2. The molecule has 0 saturated heterocycles. The molecule has 124 valence electrons. The Morgan fingerprint density at radius 2 is 1.96 bits per heavy atom. The molecule has 23 heavy (non-hydrogen) atoms. The Hall–Kier alpha value is -2.09. The smallest absolute Gasteiger partial charge is 0.336 e. The number of halogens is 3. The number of rotatable bonds is 3. The molecule has 1 aromatic heterocycles. The van der Waals surface area contributed by atoms with E-state index in [-0.39, 0.29) is 0 Å². The van der Waals surface area contributed by atoms with Crippen LogP contribution in [-0.2, 0) is 6.18 Å². The molecule has 0 bridgehead atoms. The summed E-state index contributed by atoms with van der Waals surface area (Å²) in [7, 11) is 0. The second-order valence-corrected chi connectivity index (χ2v) is 6.10. The minimum atomic E-state index is -4.37. The van der Waals surface area contributed by atoms with Crippen molar-refractivity contribution in [2.24, 2.45) is 4.99 Å². The van der Waals surface area contributed by atoms with Gasteiger partial charge in [-0.3, -0.25) is 4.57 Å². The molecule has 1 N–H and O–H groups in total. The Morgan fingerprint density at radius 3 is 2.52 bits per heavy atom. The number of aryl methyl sites for hydroxylation is 1. The number of thiazole rings is 1. The monoisotopic (exact) mass is 343 g/mol. The summed E-state index contributed by atoms with van der Waals surface area (Å²) < 4.78 is 39.5. The van der Waals surface area contributed by atoms with Gasteiger partial charge in [-0.1, -0.05) is 6.92 Å². The van der Waals surface area contributed by atoms with Crippen molar-refractivity contribution >= 4 is 17.4 Å². The number of amides is 2. The maximum Gasteiger partial charge on any atom is 0.416 e. The average Bonchev–Trinajstić information content (AvgIpc) is 2.85. The molecule has 1 aromatic carbocycles. The van der Waals surface area contributed by atoms with Crippen LogP contribution in [0.4, 0.5) is 18.0 Å². The first kappa shape index (κ1) is 17.3. The van der Waals surface area contributed by atoms with Gasteiger partial charge in [0.05, 0.1) is 5.56 Å². The number of aromatic nitrogens is 1. The third kappa shape index (κ3) is 4.44. The predicted molar refractivity (Wildman–Crippen MR) is 82.6 cm³/mol. The maximum atomic E-state index is 12.6. The molecule has 0 fully saturated rings. The molecule has 0 radical (unpaired) electrons. The summed E-state index contributed by atoms with van der Waals surface area (Å²) in [6.07, 6.45) is -1.84.